The summed E-state index contributed by atoms with van der Waals surface area (Å²) in [4.78, 5) is 23.7. The third-order valence-corrected chi connectivity index (χ3v) is 5.93. The zero-order valence-electron chi connectivity index (χ0n) is 14.3. The summed E-state index contributed by atoms with van der Waals surface area (Å²) in [5.74, 6) is -1.71. The van der Waals surface area contributed by atoms with Gasteiger partial charge < -0.3 is 20.1 Å². The van der Waals surface area contributed by atoms with Gasteiger partial charge in [0.1, 0.15) is 0 Å². The summed E-state index contributed by atoms with van der Waals surface area (Å²) in [6.45, 7) is 0.381. The topological polar surface area (TPSA) is 114 Å². The predicted molar refractivity (Wildman–Crippen MR) is 96.6 cm³/mol. The molecule has 0 saturated carbocycles. The summed E-state index contributed by atoms with van der Waals surface area (Å²) >= 11 is 6.11. The molecule has 0 bridgehead atoms. The standard InChI is InChI=1S/C15H20ClN3O6S/c1-24-13(25-2)9-17-14(20)15(21)18-12-5-4-10(8-11(12)16)19-6-3-7-26(19,22)23/h4-5,8,13H,3,6-7,9H2,1-2H3,(H,17,20)(H,18,21). The number of anilines is 2. The van der Waals surface area contributed by atoms with E-state index in [1.807, 2.05) is 0 Å². The van der Waals surface area contributed by atoms with Crippen LogP contribution in [0, 0.1) is 0 Å². The van der Waals surface area contributed by atoms with Crippen LogP contribution in [0.25, 0.3) is 0 Å². The van der Waals surface area contributed by atoms with Crippen LogP contribution in [0.15, 0.2) is 18.2 Å². The van der Waals surface area contributed by atoms with Crippen molar-refractivity contribution in [1.29, 1.82) is 0 Å². The van der Waals surface area contributed by atoms with Crippen LogP contribution in [0.1, 0.15) is 6.42 Å². The number of halogens is 1. The molecule has 1 aliphatic rings. The molecule has 2 N–H and O–H groups in total. The molecule has 9 nitrogen and oxygen atoms in total. The van der Waals surface area contributed by atoms with Crippen LogP contribution in [0.3, 0.4) is 0 Å². The zero-order valence-corrected chi connectivity index (χ0v) is 15.9. The first-order valence-corrected chi connectivity index (χ1v) is 9.72. The molecule has 26 heavy (non-hydrogen) atoms. The van der Waals surface area contributed by atoms with Crippen molar-refractivity contribution < 1.29 is 27.5 Å². The van der Waals surface area contributed by atoms with Gasteiger partial charge in [0.2, 0.25) is 10.0 Å². The van der Waals surface area contributed by atoms with Crippen molar-refractivity contribution in [3.63, 3.8) is 0 Å². The lowest BCUT2D eigenvalue weighted by Gasteiger charge is -2.18. The van der Waals surface area contributed by atoms with Crippen molar-refractivity contribution in [2.75, 3.05) is 42.7 Å². The Kier molecular flexibility index (Phi) is 6.81. The number of carbonyl (C=O) groups is 2. The van der Waals surface area contributed by atoms with Gasteiger partial charge in [-0.1, -0.05) is 11.6 Å². The fourth-order valence-corrected chi connectivity index (χ4v) is 4.17. The monoisotopic (exact) mass is 405 g/mol. The molecule has 1 aromatic rings. The van der Waals surface area contributed by atoms with Crippen LogP contribution < -0.4 is 14.9 Å². The van der Waals surface area contributed by atoms with E-state index in [1.165, 1.54) is 36.7 Å². The van der Waals surface area contributed by atoms with Crippen LogP contribution in [0.2, 0.25) is 5.02 Å². The smallest absolute Gasteiger partial charge is 0.313 e. The van der Waals surface area contributed by atoms with Crippen molar-refractivity contribution in [2.45, 2.75) is 12.7 Å². The van der Waals surface area contributed by atoms with Gasteiger partial charge in [0.15, 0.2) is 6.29 Å². The molecule has 11 heteroatoms. The van der Waals surface area contributed by atoms with Gasteiger partial charge in [-0.25, -0.2) is 8.42 Å². The van der Waals surface area contributed by atoms with Crippen LogP contribution >= 0.6 is 11.6 Å². The second-order valence-corrected chi connectivity index (χ2v) is 7.89. The highest BCUT2D eigenvalue weighted by atomic mass is 35.5. The van der Waals surface area contributed by atoms with Crippen molar-refractivity contribution in [1.82, 2.24) is 5.32 Å². The van der Waals surface area contributed by atoms with E-state index in [-0.39, 0.29) is 23.0 Å². The minimum absolute atomic E-state index is 0.00125. The third kappa shape index (κ3) is 4.85. The Morgan fingerprint density at radius 3 is 2.50 bits per heavy atom. The van der Waals surface area contributed by atoms with E-state index in [4.69, 9.17) is 21.1 Å². The number of hydrogen-bond donors (Lipinski definition) is 2. The largest absolute Gasteiger partial charge is 0.354 e. The Hall–Kier alpha value is -1.88. The minimum Gasteiger partial charge on any atom is -0.354 e. The second kappa shape index (κ2) is 8.67. The van der Waals surface area contributed by atoms with Gasteiger partial charge in [0.05, 0.1) is 28.7 Å². The van der Waals surface area contributed by atoms with E-state index in [9.17, 15) is 18.0 Å². The highest BCUT2D eigenvalue weighted by molar-refractivity contribution is 7.93. The van der Waals surface area contributed by atoms with Gasteiger partial charge in [-0.15, -0.1) is 0 Å². The third-order valence-electron chi connectivity index (χ3n) is 3.75. The quantitative estimate of drug-likeness (QED) is 0.527. The number of hydrogen-bond acceptors (Lipinski definition) is 6. The first-order chi connectivity index (χ1) is 12.3. The summed E-state index contributed by atoms with van der Waals surface area (Å²) in [7, 11) is -0.517. The number of rotatable bonds is 6. The molecule has 0 aliphatic carbocycles. The zero-order chi connectivity index (χ0) is 19.3. The molecule has 2 rings (SSSR count). The maximum absolute atomic E-state index is 11.9. The minimum atomic E-state index is -3.33. The number of carbonyl (C=O) groups excluding carboxylic acids is 2. The maximum atomic E-state index is 11.9. The number of nitrogens with one attached hydrogen (secondary N) is 2. The van der Waals surface area contributed by atoms with E-state index in [0.717, 1.165) is 0 Å². The van der Waals surface area contributed by atoms with Crippen molar-refractivity contribution in [3.05, 3.63) is 23.2 Å². The number of methoxy groups -OCH3 is 2. The number of benzene rings is 1. The molecular weight excluding hydrogens is 386 g/mol. The first kappa shape index (κ1) is 20.4. The molecule has 1 heterocycles. The summed E-state index contributed by atoms with van der Waals surface area (Å²) in [5.41, 5.74) is 0.611. The number of ether oxygens (including phenoxy) is 2. The molecular formula is C15H20ClN3O6S. The second-order valence-electron chi connectivity index (χ2n) is 5.47. The lowest BCUT2D eigenvalue weighted by atomic mass is 10.2. The highest BCUT2D eigenvalue weighted by Crippen LogP contribution is 2.31. The first-order valence-electron chi connectivity index (χ1n) is 7.73. The molecule has 1 aromatic carbocycles. The molecule has 2 amide bonds. The van der Waals surface area contributed by atoms with Gasteiger partial charge in [0, 0.05) is 20.8 Å². The molecule has 0 radical (unpaired) electrons. The van der Waals surface area contributed by atoms with E-state index in [0.29, 0.717) is 18.7 Å². The fraction of sp³-hybridized carbons (Fsp3) is 0.467. The van der Waals surface area contributed by atoms with Crippen molar-refractivity contribution >= 4 is 44.8 Å². The summed E-state index contributed by atoms with van der Waals surface area (Å²) in [6.07, 6.45) is -0.125. The molecule has 1 fully saturated rings. The normalized spacial score (nSPS) is 15.9. The van der Waals surface area contributed by atoms with Crippen molar-refractivity contribution in [3.8, 4) is 0 Å². The van der Waals surface area contributed by atoms with Crippen LogP contribution in [-0.2, 0) is 29.1 Å². The highest BCUT2D eigenvalue weighted by Gasteiger charge is 2.28. The average Bonchev–Trinajstić information content (AvgIpc) is 2.96. The van der Waals surface area contributed by atoms with Crippen molar-refractivity contribution in [2.24, 2.45) is 0 Å². The van der Waals surface area contributed by atoms with Gasteiger partial charge in [-0.3, -0.25) is 13.9 Å². The SMILES string of the molecule is COC(CNC(=O)C(=O)Nc1ccc(N2CCCS2(=O)=O)cc1Cl)OC. The fourth-order valence-electron chi connectivity index (χ4n) is 2.39. The maximum Gasteiger partial charge on any atom is 0.313 e. The van der Waals surface area contributed by atoms with E-state index >= 15 is 0 Å². The lowest BCUT2D eigenvalue weighted by Crippen LogP contribution is -2.40. The summed E-state index contributed by atoms with van der Waals surface area (Å²) in [5, 5.41) is 4.86. The van der Waals surface area contributed by atoms with Crippen LogP contribution in [0.4, 0.5) is 11.4 Å². The molecule has 0 aromatic heterocycles. The molecule has 1 saturated heterocycles. The molecule has 0 unspecified atom stereocenters. The summed E-state index contributed by atoms with van der Waals surface area (Å²) in [6, 6.07) is 4.40. The van der Waals surface area contributed by atoms with Gasteiger partial charge in [-0.05, 0) is 24.6 Å². The van der Waals surface area contributed by atoms with Crippen LogP contribution in [-0.4, -0.2) is 59.6 Å². The Morgan fingerprint density at radius 2 is 1.96 bits per heavy atom. The number of amides is 2. The van der Waals surface area contributed by atoms with Gasteiger partial charge in [-0.2, -0.15) is 0 Å². The number of nitrogens with zero attached hydrogens (tertiary/aromatic N) is 1. The van der Waals surface area contributed by atoms with Gasteiger partial charge in [0.25, 0.3) is 0 Å². The summed E-state index contributed by atoms with van der Waals surface area (Å²) < 4.78 is 35.0. The molecule has 0 atom stereocenters. The average molecular weight is 406 g/mol. The van der Waals surface area contributed by atoms with Gasteiger partial charge >= 0.3 is 11.8 Å². The molecule has 0 spiro atoms. The Labute approximate surface area is 156 Å². The van der Waals surface area contributed by atoms with E-state index in [2.05, 4.69) is 10.6 Å². The predicted octanol–water partition coefficient (Wildman–Crippen LogP) is 0.554. The van der Waals surface area contributed by atoms with E-state index in [1.54, 1.807) is 0 Å². The lowest BCUT2D eigenvalue weighted by molar-refractivity contribution is -0.139. The van der Waals surface area contributed by atoms with E-state index < -0.39 is 28.1 Å². The van der Waals surface area contributed by atoms with Crippen LogP contribution in [0.5, 0.6) is 0 Å². The Balaban J connectivity index is 2.01. The molecule has 144 valence electrons. The number of sulfonamides is 1. The molecule has 1 aliphatic heterocycles. The Bertz CT molecular complexity index is 782. The Morgan fingerprint density at radius 1 is 1.27 bits per heavy atom.